The summed E-state index contributed by atoms with van der Waals surface area (Å²) in [4.78, 5) is 11.5. The van der Waals surface area contributed by atoms with Gasteiger partial charge in [0.2, 0.25) is 0 Å². The van der Waals surface area contributed by atoms with Crippen LogP contribution in [0.3, 0.4) is 0 Å². The van der Waals surface area contributed by atoms with Gasteiger partial charge in [-0.2, -0.15) is 0 Å². The maximum atomic E-state index is 11.5. The standard InChI is InChI=1S/C13H18O5/c1-8(12(15)18-4)13(2,16)9-5-6-10(14)11(7-9)17-3/h5-8,14,16H,1-4H3. The summed E-state index contributed by atoms with van der Waals surface area (Å²) in [6, 6.07) is 4.44. The van der Waals surface area contributed by atoms with Gasteiger partial charge in [-0.25, -0.2) is 0 Å². The lowest BCUT2D eigenvalue weighted by atomic mass is 9.84. The summed E-state index contributed by atoms with van der Waals surface area (Å²) in [6.45, 7) is 3.09. The van der Waals surface area contributed by atoms with Crippen LogP contribution in [0.1, 0.15) is 19.4 Å². The van der Waals surface area contributed by atoms with Crippen molar-refractivity contribution >= 4 is 5.97 Å². The molecule has 0 aliphatic carbocycles. The molecule has 1 aromatic rings. The molecule has 5 heteroatoms. The summed E-state index contributed by atoms with van der Waals surface area (Å²) in [5.41, 5.74) is -0.941. The Bertz CT molecular complexity index is 439. The molecule has 0 aromatic heterocycles. The van der Waals surface area contributed by atoms with E-state index < -0.39 is 17.5 Å². The molecule has 5 nitrogen and oxygen atoms in total. The highest BCUT2D eigenvalue weighted by molar-refractivity contribution is 5.73. The van der Waals surface area contributed by atoms with Gasteiger partial charge >= 0.3 is 5.97 Å². The Balaban J connectivity index is 3.15. The number of methoxy groups -OCH3 is 2. The molecule has 2 unspecified atom stereocenters. The lowest BCUT2D eigenvalue weighted by Gasteiger charge is -2.29. The number of aromatic hydroxyl groups is 1. The molecule has 1 aromatic carbocycles. The SMILES string of the molecule is COC(=O)C(C)C(C)(O)c1ccc(O)c(OC)c1. The number of carbonyl (C=O) groups is 1. The molecule has 0 saturated carbocycles. The number of phenols is 1. The Morgan fingerprint density at radius 3 is 2.50 bits per heavy atom. The molecule has 0 aliphatic heterocycles. The molecule has 0 radical (unpaired) electrons. The first-order valence-electron chi connectivity index (χ1n) is 5.52. The minimum absolute atomic E-state index is 0.0252. The van der Waals surface area contributed by atoms with Crippen LogP contribution in [-0.2, 0) is 15.1 Å². The summed E-state index contributed by atoms with van der Waals surface area (Å²) in [5, 5.41) is 19.9. The van der Waals surface area contributed by atoms with E-state index in [0.717, 1.165) is 0 Å². The van der Waals surface area contributed by atoms with Gasteiger partial charge in [-0.05, 0) is 31.5 Å². The highest BCUT2D eigenvalue weighted by Crippen LogP contribution is 2.35. The van der Waals surface area contributed by atoms with Crippen LogP contribution in [0.2, 0.25) is 0 Å². The lowest BCUT2D eigenvalue weighted by molar-refractivity contribution is -0.154. The van der Waals surface area contributed by atoms with Crippen LogP contribution in [0, 0.1) is 5.92 Å². The molecule has 100 valence electrons. The first-order chi connectivity index (χ1) is 8.34. The normalized spacial score (nSPS) is 15.6. The number of hydrogen-bond donors (Lipinski definition) is 2. The molecular formula is C13H18O5. The van der Waals surface area contributed by atoms with Crippen molar-refractivity contribution in [3.8, 4) is 11.5 Å². The maximum absolute atomic E-state index is 11.5. The van der Waals surface area contributed by atoms with Crippen molar-refractivity contribution in [2.45, 2.75) is 19.4 Å². The largest absolute Gasteiger partial charge is 0.504 e. The Morgan fingerprint density at radius 1 is 1.39 bits per heavy atom. The van der Waals surface area contributed by atoms with Gasteiger partial charge in [0.15, 0.2) is 11.5 Å². The third kappa shape index (κ3) is 2.56. The summed E-state index contributed by atoms with van der Waals surface area (Å²) in [6.07, 6.45) is 0. The maximum Gasteiger partial charge on any atom is 0.311 e. The molecule has 2 N–H and O–H groups in total. The second kappa shape index (κ2) is 5.27. The lowest BCUT2D eigenvalue weighted by Crippen LogP contribution is -2.35. The fourth-order valence-corrected chi connectivity index (χ4v) is 1.65. The molecule has 0 fully saturated rings. The van der Waals surface area contributed by atoms with Crippen LogP contribution in [-0.4, -0.2) is 30.4 Å². The van der Waals surface area contributed by atoms with Crippen LogP contribution >= 0.6 is 0 Å². The first-order valence-corrected chi connectivity index (χ1v) is 5.52. The monoisotopic (exact) mass is 254 g/mol. The molecule has 0 heterocycles. The Morgan fingerprint density at radius 2 is 2.00 bits per heavy atom. The molecular weight excluding hydrogens is 236 g/mol. The summed E-state index contributed by atoms with van der Waals surface area (Å²) in [5.74, 6) is -1.03. The second-order valence-corrected chi connectivity index (χ2v) is 4.28. The molecule has 0 bridgehead atoms. The van der Waals surface area contributed by atoms with Crippen molar-refractivity contribution in [1.82, 2.24) is 0 Å². The van der Waals surface area contributed by atoms with E-state index in [1.54, 1.807) is 6.92 Å². The Labute approximate surface area is 106 Å². The number of carbonyl (C=O) groups excluding carboxylic acids is 1. The van der Waals surface area contributed by atoms with Crippen molar-refractivity contribution < 1.29 is 24.5 Å². The highest BCUT2D eigenvalue weighted by atomic mass is 16.5. The molecule has 1 rings (SSSR count). The first kappa shape index (κ1) is 14.3. The minimum atomic E-state index is -1.41. The number of benzene rings is 1. The van der Waals surface area contributed by atoms with Crippen LogP contribution < -0.4 is 4.74 Å². The van der Waals surface area contributed by atoms with E-state index >= 15 is 0 Å². The van der Waals surface area contributed by atoms with Gasteiger partial charge < -0.3 is 19.7 Å². The van der Waals surface area contributed by atoms with Gasteiger partial charge in [-0.15, -0.1) is 0 Å². The topological polar surface area (TPSA) is 76.0 Å². The summed E-state index contributed by atoms with van der Waals surface area (Å²) < 4.78 is 9.59. The fraction of sp³-hybridized carbons (Fsp3) is 0.462. The quantitative estimate of drug-likeness (QED) is 0.795. The van der Waals surface area contributed by atoms with Crippen molar-refractivity contribution in [2.75, 3.05) is 14.2 Å². The van der Waals surface area contributed by atoms with E-state index in [1.807, 2.05) is 0 Å². The van der Waals surface area contributed by atoms with E-state index in [2.05, 4.69) is 4.74 Å². The van der Waals surface area contributed by atoms with E-state index in [9.17, 15) is 15.0 Å². The van der Waals surface area contributed by atoms with Crippen molar-refractivity contribution in [3.63, 3.8) is 0 Å². The Hall–Kier alpha value is -1.75. The molecule has 18 heavy (non-hydrogen) atoms. The van der Waals surface area contributed by atoms with E-state index in [4.69, 9.17) is 4.74 Å². The van der Waals surface area contributed by atoms with Gasteiger partial charge in [0, 0.05) is 0 Å². The summed E-state index contributed by atoms with van der Waals surface area (Å²) >= 11 is 0. The molecule has 2 atom stereocenters. The zero-order chi connectivity index (χ0) is 13.9. The van der Waals surface area contributed by atoms with Crippen LogP contribution in [0.25, 0.3) is 0 Å². The smallest absolute Gasteiger partial charge is 0.311 e. The predicted octanol–water partition coefficient (Wildman–Crippen LogP) is 1.42. The zero-order valence-electron chi connectivity index (χ0n) is 10.9. The number of ether oxygens (including phenoxy) is 2. The van der Waals surface area contributed by atoms with Gasteiger partial charge in [0.25, 0.3) is 0 Å². The summed E-state index contributed by atoms with van der Waals surface area (Å²) in [7, 11) is 2.68. The second-order valence-electron chi connectivity index (χ2n) is 4.28. The third-order valence-corrected chi connectivity index (χ3v) is 3.16. The van der Waals surface area contributed by atoms with Crippen molar-refractivity contribution in [1.29, 1.82) is 0 Å². The van der Waals surface area contributed by atoms with E-state index in [0.29, 0.717) is 5.56 Å². The average Bonchev–Trinajstić information content (AvgIpc) is 2.37. The predicted molar refractivity (Wildman–Crippen MR) is 65.4 cm³/mol. The van der Waals surface area contributed by atoms with Gasteiger partial charge in [0.1, 0.15) is 0 Å². The minimum Gasteiger partial charge on any atom is -0.504 e. The van der Waals surface area contributed by atoms with Crippen molar-refractivity contribution in [2.24, 2.45) is 5.92 Å². The number of hydrogen-bond acceptors (Lipinski definition) is 5. The zero-order valence-corrected chi connectivity index (χ0v) is 10.9. The van der Waals surface area contributed by atoms with Gasteiger partial charge in [-0.3, -0.25) is 4.79 Å². The number of esters is 1. The van der Waals surface area contributed by atoms with Gasteiger partial charge in [-0.1, -0.05) is 6.07 Å². The van der Waals surface area contributed by atoms with Crippen LogP contribution in [0.15, 0.2) is 18.2 Å². The van der Waals surface area contributed by atoms with Gasteiger partial charge in [0.05, 0.1) is 25.7 Å². The number of phenolic OH excluding ortho intramolecular Hbond substituents is 1. The van der Waals surface area contributed by atoms with E-state index in [1.165, 1.54) is 39.3 Å². The highest BCUT2D eigenvalue weighted by Gasteiger charge is 2.36. The molecule has 0 aliphatic rings. The average molecular weight is 254 g/mol. The van der Waals surface area contributed by atoms with E-state index in [-0.39, 0.29) is 11.5 Å². The number of aliphatic hydroxyl groups is 1. The molecule has 0 spiro atoms. The fourth-order valence-electron chi connectivity index (χ4n) is 1.65. The van der Waals surface area contributed by atoms with Crippen LogP contribution in [0.4, 0.5) is 0 Å². The Kier molecular flexibility index (Phi) is 4.19. The molecule has 0 saturated heterocycles. The number of rotatable bonds is 4. The molecule has 0 amide bonds. The third-order valence-electron chi connectivity index (χ3n) is 3.16. The van der Waals surface area contributed by atoms with Crippen LogP contribution in [0.5, 0.6) is 11.5 Å². The van der Waals surface area contributed by atoms with Crippen molar-refractivity contribution in [3.05, 3.63) is 23.8 Å².